The number of alkyl halides is 1. The van der Waals surface area contributed by atoms with Crippen LogP contribution in [0, 0.1) is 11.8 Å². The molecule has 4 fully saturated rings. The normalized spacial score (nSPS) is 41.8. The summed E-state index contributed by atoms with van der Waals surface area (Å²) in [6, 6.07) is 7.88. The molecular formula is C21H27IN2O5. The maximum absolute atomic E-state index is 13.8. The highest BCUT2D eigenvalue weighted by molar-refractivity contribution is 14.1. The van der Waals surface area contributed by atoms with Gasteiger partial charge in [0.05, 0.1) is 36.6 Å². The molecule has 5 aliphatic rings. The van der Waals surface area contributed by atoms with Gasteiger partial charge in [0.2, 0.25) is 0 Å². The minimum atomic E-state index is -0.800. The number of amides is 1. The number of rotatable bonds is 4. The van der Waals surface area contributed by atoms with Crippen molar-refractivity contribution in [3.05, 3.63) is 29.8 Å². The lowest BCUT2D eigenvalue weighted by molar-refractivity contribution is -0.145. The van der Waals surface area contributed by atoms with Crippen molar-refractivity contribution in [3.63, 3.8) is 0 Å². The number of likely N-dealkylation sites (tertiary alicyclic amines) is 1. The van der Waals surface area contributed by atoms with Gasteiger partial charge in [-0.05, 0) is 44.4 Å². The van der Waals surface area contributed by atoms with Crippen LogP contribution in [-0.2, 0) is 19.8 Å². The Balaban J connectivity index is 1.65. The highest BCUT2D eigenvalue weighted by Crippen LogP contribution is 2.61. The van der Waals surface area contributed by atoms with Crippen LogP contribution in [0.1, 0.15) is 25.3 Å². The van der Waals surface area contributed by atoms with E-state index in [9.17, 15) is 15.0 Å². The van der Waals surface area contributed by atoms with E-state index in [2.05, 4.69) is 27.5 Å². The summed E-state index contributed by atoms with van der Waals surface area (Å²) in [5.74, 6) is 0.186. The van der Waals surface area contributed by atoms with Gasteiger partial charge in [-0.15, -0.1) is 0 Å². The summed E-state index contributed by atoms with van der Waals surface area (Å²) in [5.41, 5.74) is 0.266. The van der Waals surface area contributed by atoms with Crippen LogP contribution in [0.2, 0.25) is 0 Å². The van der Waals surface area contributed by atoms with Crippen molar-refractivity contribution in [1.82, 2.24) is 4.90 Å². The SMILES string of the molecule is C[C@@H](O)[C@]1(CO)[C@@H]2C[C@H]3OC[C@@H]2[C@H](C[C@@]32C(=O)N(OCI)c3ccccc32)N1C. The van der Waals surface area contributed by atoms with Crippen LogP contribution in [0.15, 0.2) is 24.3 Å². The number of anilines is 1. The molecule has 3 saturated heterocycles. The summed E-state index contributed by atoms with van der Waals surface area (Å²) in [6.07, 6.45) is 0.257. The Morgan fingerprint density at radius 3 is 2.86 bits per heavy atom. The molecule has 4 aliphatic heterocycles. The fourth-order valence-electron chi connectivity index (χ4n) is 6.81. The lowest BCUT2D eigenvalue weighted by Crippen LogP contribution is -2.63. The van der Waals surface area contributed by atoms with E-state index in [1.54, 1.807) is 6.92 Å². The van der Waals surface area contributed by atoms with Crippen molar-refractivity contribution in [2.75, 3.05) is 29.9 Å². The molecule has 2 N–H and O–H groups in total. The number of fused-ring (bicyclic) bond motifs is 2. The third kappa shape index (κ3) is 2.33. The Hall–Kier alpha value is -0.780. The number of halogens is 1. The van der Waals surface area contributed by atoms with Crippen molar-refractivity contribution < 1.29 is 24.6 Å². The molecule has 1 amide bonds. The van der Waals surface area contributed by atoms with Crippen LogP contribution in [0.25, 0.3) is 0 Å². The maximum atomic E-state index is 13.8. The molecule has 29 heavy (non-hydrogen) atoms. The Labute approximate surface area is 184 Å². The summed E-state index contributed by atoms with van der Waals surface area (Å²) in [7, 11) is 1.98. The first kappa shape index (κ1) is 20.1. The van der Waals surface area contributed by atoms with E-state index >= 15 is 0 Å². The Morgan fingerprint density at radius 1 is 1.41 bits per heavy atom. The number of para-hydroxylation sites is 1. The number of likely N-dealkylation sites (N-methyl/N-ethyl adjacent to an activating group) is 1. The van der Waals surface area contributed by atoms with E-state index in [1.807, 2.05) is 31.3 Å². The zero-order valence-corrected chi connectivity index (χ0v) is 18.8. The molecule has 8 heteroatoms. The number of hydrogen-bond acceptors (Lipinski definition) is 6. The highest BCUT2D eigenvalue weighted by atomic mass is 127. The number of aliphatic hydroxyl groups excluding tert-OH is 2. The Bertz CT molecular complexity index is 837. The molecule has 0 radical (unpaired) electrons. The van der Waals surface area contributed by atoms with Crippen LogP contribution < -0.4 is 5.06 Å². The van der Waals surface area contributed by atoms with Gasteiger partial charge >= 0.3 is 0 Å². The van der Waals surface area contributed by atoms with Crippen molar-refractivity contribution >= 4 is 34.2 Å². The predicted octanol–water partition coefficient (Wildman–Crippen LogP) is 1.45. The number of nitrogens with zero attached hydrogens (tertiary/aromatic N) is 2. The molecule has 158 valence electrons. The van der Waals surface area contributed by atoms with Crippen molar-refractivity contribution in [3.8, 4) is 0 Å². The highest BCUT2D eigenvalue weighted by Gasteiger charge is 2.70. The molecule has 1 aromatic rings. The number of carbonyl (C=O) groups is 1. The van der Waals surface area contributed by atoms with Crippen LogP contribution in [0.4, 0.5) is 5.69 Å². The van der Waals surface area contributed by atoms with Crippen LogP contribution in [0.5, 0.6) is 0 Å². The van der Waals surface area contributed by atoms with E-state index < -0.39 is 17.1 Å². The van der Waals surface area contributed by atoms with Gasteiger partial charge in [0.1, 0.15) is 10.0 Å². The minimum absolute atomic E-state index is 0.0332. The molecule has 7 atom stereocenters. The first-order valence-electron chi connectivity index (χ1n) is 10.2. The standard InChI is InChI=1S/C21H27IN2O5/c1-12(26)21(10-25)15-7-18-20(8-17(23(21)2)13(15)9-28-18)14-5-3-4-6-16(14)24(19(20)27)29-11-22/h3-6,12-13,15,17-18,25-26H,7-11H2,1-2H3/t12-,13+,15-,17+,18-,20+,21-/m1/s1. The Morgan fingerprint density at radius 2 is 2.17 bits per heavy atom. The summed E-state index contributed by atoms with van der Waals surface area (Å²) >= 11 is 2.10. The van der Waals surface area contributed by atoms with Crippen LogP contribution >= 0.6 is 22.6 Å². The van der Waals surface area contributed by atoms with Crippen molar-refractivity contribution in [2.45, 2.75) is 49.0 Å². The number of carbonyl (C=O) groups excluding carboxylic acids is 1. The van der Waals surface area contributed by atoms with Gasteiger partial charge in [0, 0.05) is 12.0 Å². The van der Waals surface area contributed by atoms with Gasteiger partial charge in [-0.1, -0.05) is 40.8 Å². The second-order valence-electron chi connectivity index (χ2n) is 8.86. The quantitative estimate of drug-likeness (QED) is 0.468. The first-order chi connectivity index (χ1) is 13.9. The summed E-state index contributed by atoms with van der Waals surface area (Å²) in [4.78, 5) is 21.7. The van der Waals surface area contributed by atoms with E-state index in [4.69, 9.17) is 9.57 Å². The monoisotopic (exact) mass is 514 g/mol. The predicted molar refractivity (Wildman–Crippen MR) is 115 cm³/mol. The van der Waals surface area contributed by atoms with E-state index in [0.717, 1.165) is 11.3 Å². The average Bonchev–Trinajstić information content (AvgIpc) is 2.94. The first-order valence-corrected chi connectivity index (χ1v) is 11.7. The summed E-state index contributed by atoms with van der Waals surface area (Å²) in [6.45, 7) is 2.20. The second-order valence-corrected chi connectivity index (χ2v) is 9.48. The number of benzene rings is 1. The summed E-state index contributed by atoms with van der Waals surface area (Å²) < 4.78 is 6.72. The van der Waals surface area contributed by atoms with Crippen molar-refractivity contribution in [2.24, 2.45) is 11.8 Å². The molecule has 1 spiro atoms. The fourth-order valence-corrected chi connectivity index (χ4v) is 7.08. The molecule has 0 unspecified atom stereocenters. The molecule has 6 rings (SSSR count). The van der Waals surface area contributed by atoms with Gasteiger partial charge in [-0.3, -0.25) is 14.5 Å². The summed E-state index contributed by atoms with van der Waals surface area (Å²) in [5, 5.41) is 22.5. The lowest BCUT2D eigenvalue weighted by atomic mass is 9.68. The van der Waals surface area contributed by atoms with E-state index in [1.165, 1.54) is 5.06 Å². The van der Waals surface area contributed by atoms with E-state index in [-0.39, 0.29) is 36.5 Å². The van der Waals surface area contributed by atoms with E-state index in [0.29, 0.717) is 24.1 Å². The smallest absolute Gasteiger partial charge is 0.264 e. The number of hydroxylamine groups is 1. The fraction of sp³-hybridized carbons (Fsp3) is 0.667. The zero-order chi connectivity index (χ0) is 20.6. The molecule has 1 aromatic carbocycles. The minimum Gasteiger partial charge on any atom is -0.394 e. The average molecular weight is 514 g/mol. The van der Waals surface area contributed by atoms with Gasteiger partial charge in [0.15, 0.2) is 0 Å². The number of hydrogen-bond donors (Lipinski definition) is 2. The molecule has 1 saturated carbocycles. The van der Waals surface area contributed by atoms with Crippen LogP contribution in [0.3, 0.4) is 0 Å². The molecule has 1 aliphatic carbocycles. The largest absolute Gasteiger partial charge is 0.394 e. The number of aliphatic hydroxyl groups is 2. The molecule has 4 bridgehead atoms. The third-order valence-corrected chi connectivity index (χ3v) is 8.45. The van der Waals surface area contributed by atoms with Crippen LogP contribution in [-0.4, -0.2) is 69.7 Å². The molecule has 4 heterocycles. The maximum Gasteiger partial charge on any atom is 0.264 e. The van der Waals surface area contributed by atoms with Gasteiger partial charge in [-0.25, -0.2) is 0 Å². The third-order valence-electron chi connectivity index (χ3n) is 8.17. The molecule has 0 aromatic heterocycles. The van der Waals surface area contributed by atoms with Gasteiger partial charge < -0.3 is 14.9 Å². The molecule has 7 nitrogen and oxygen atoms in total. The second kappa shape index (κ2) is 6.86. The zero-order valence-electron chi connectivity index (χ0n) is 16.6. The van der Waals surface area contributed by atoms with Gasteiger partial charge in [0.25, 0.3) is 5.91 Å². The topological polar surface area (TPSA) is 82.5 Å². The number of ether oxygens (including phenoxy) is 1. The van der Waals surface area contributed by atoms with Gasteiger partial charge in [-0.2, -0.15) is 5.06 Å². The Kier molecular flexibility index (Phi) is 4.77. The molecular weight excluding hydrogens is 487 g/mol. The van der Waals surface area contributed by atoms with Crippen molar-refractivity contribution in [1.29, 1.82) is 0 Å². The lowest BCUT2D eigenvalue weighted by Gasteiger charge is -2.49.